The van der Waals surface area contributed by atoms with Crippen molar-refractivity contribution in [1.82, 2.24) is 9.62 Å². The lowest BCUT2D eigenvalue weighted by Crippen LogP contribution is -2.45. The van der Waals surface area contributed by atoms with E-state index in [4.69, 9.17) is 11.6 Å². The fourth-order valence-corrected chi connectivity index (χ4v) is 4.19. The molecule has 0 amide bonds. The van der Waals surface area contributed by atoms with Gasteiger partial charge in [0.05, 0.1) is 6.26 Å². The first-order chi connectivity index (χ1) is 10.2. The van der Waals surface area contributed by atoms with Crippen LogP contribution in [0, 0.1) is 13.8 Å². The van der Waals surface area contributed by atoms with Gasteiger partial charge in [0.25, 0.3) is 0 Å². The minimum Gasteiger partial charge on any atom is -0.307 e. The number of nitrogens with zero attached hydrogens (tertiary/aromatic N) is 1. The molecular weight excluding hydrogens is 320 g/mol. The first-order valence-corrected chi connectivity index (χ1v) is 9.89. The molecule has 0 radical (unpaired) electrons. The van der Waals surface area contributed by atoms with Crippen molar-refractivity contribution in [3.05, 3.63) is 33.8 Å². The molecule has 1 saturated heterocycles. The molecule has 1 unspecified atom stereocenters. The highest BCUT2D eigenvalue weighted by Gasteiger charge is 2.26. The van der Waals surface area contributed by atoms with Crippen LogP contribution < -0.4 is 5.32 Å². The van der Waals surface area contributed by atoms with Crippen LogP contribution in [-0.2, 0) is 10.0 Å². The van der Waals surface area contributed by atoms with E-state index < -0.39 is 10.0 Å². The number of benzene rings is 1. The second-order valence-corrected chi connectivity index (χ2v) is 8.67. The highest BCUT2D eigenvalue weighted by Crippen LogP contribution is 2.27. The number of rotatable bonds is 4. The highest BCUT2D eigenvalue weighted by molar-refractivity contribution is 7.88. The molecule has 1 aliphatic heterocycles. The quantitative estimate of drug-likeness (QED) is 0.913. The molecule has 124 valence electrons. The molecule has 4 nitrogen and oxygen atoms in total. The topological polar surface area (TPSA) is 49.4 Å². The number of hydrogen-bond donors (Lipinski definition) is 1. The third-order valence-corrected chi connectivity index (χ3v) is 6.12. The predicted molar refractivity (Wildman–Crippen MR) is 91.9 cm³/mol. The molecular formula is C16H25ClN2O2S. The molecule has 1 heterocycles. The molecule has 1 aromatic rings. The summed E-state index contributed by atoms with van der Waals surface area (Å²) in [5, 5.41) is 4.38. The predicted octanol–water partition coefficient (Wildman–Crippen LogP) is 3.03. The fourth-order valence-electron chi connectivity index (χ4n) is 2.93. The van der Waals surface area contributed by atoms with Crippen molar-refractivity contribution in [1.29, 1.82) is 0 Å². The molecule has 1 aromatic carbocycles. The summed E-state index contributed by atoms with van der Waals surface area (Å²) in [6, 6.07) is 4.63. The zero-order valence-corrected chi connectivity index (χ0v) is 15.3. The Bertz CT molecular complexity index is 638. The Morgan fingerprint density at radius 2 is 1.77 bits per heavy atom. The van der Waals surface area contributed by atoms with Crippen molar-refractivity contribution < 1.29 is 8.42 Å². The van der Waals surface area contributed by atoms with Crippen molar-refractivity contribution in [2.75, 3.05) is 19.3 Å². The van der Waals surface area contributed by atoms with Crippen LogP contribution in [-0.4, -0.2) is 38.1 Å². The van der Waals surface area contributed by atoms with Crippen LogP contribution in [0.3, 0.4) is 0 Å². The molecule has 1 fully saturated rings. The Kier molecular flexibility index (Phi) is 5.54. The van der Waals surface area contributed by atoms with Gasteiger partial charge in [0, 0.05) is 30.2 Å². The second-order valence-electron chi connectivity index (χ2n) is 6.28. The van der Waals surface area contributed by atoms with Gasteiger partial charge in [-0.25, -0.2) is 12.7 Å². The second kappa shape index (κ2) is 6.87. The van der Waals surface area contributed by atoms with Gasteiger partial charge in [-0.15, -0.1) is 0 Å². The summed E-state index contributed by atoms with van der Waals surface area (Å²) < 4.78 is 24.6. The maximum absolute atomic E-state index is 11.5. The SMILES string of the molecule is Cc1cc(Cl)c(C(C)NC2CCN(S(C)(=O)=O)CC2)cc1C. The smallest absolute Gasteiger partial charge is 0.211 e. The van der Waals surface area contributed by atoms with Gasteiger partial charge in [0.15, 0.2) is 0 Å². The molecule has 0 bridgehead atoms. The summed E-state index contributed by atoms with van der Waals surface area (Å²) in [5.74, 6) is 0. The van der Waals surface area contributed by atoms with E-state index in [1.165, 1.54) is 17.4 Å². The van der Waals surface area contributed by atoms with Crippen LogP contribution in [0.4, 0.5) is 0 Å². The Balaban J connectivity index is 1.99. The lowest BCUT2D eigenvalue weighted by atomic mass is 9.99. The first kappa shape index (κ1) is 17.7. The van der Waals surface area contributed by atoms with E-state index >= 15 is 0 Å². The van der Waals surface area contributed by atoms with Gasteiger partial charge in [-0.1, -0.05) is 17.7 Å². The Hall–Kier alpha value is -0.620. The minimum absolute atomic E-state index is 0.154. The summed E-state index contributed by atoms with van der Waals surface area (Å²) in [6.07, 6.45) is 2.94. The summed E-state index contributed by atoms with van der Waals surface area (Å²) in [7, 11) is -3.06. The van der Waals surface area contributed by atoms with Crippen LogP contribution in [0.25, 0.3) is 0 Å². The lowest BCUT2D eigenvalue weighted by molar-refractivity contribution is 0.278. The molecule has 0 aromatic heterocycles. The number of halogens is 1. The Labute approximate surface area is 138 Å². The third kappa shape index (κ3) is 4.22. The van der Waals surface area contributed by atoms with Crippen LogP contribution in [0.5, 0.6) is 0 Å². The summed E-state index contributed by atoms with van der Waals surface area (Å²) in [4.78, 5) is 0. The average Bonchev–Trinajstić information content (AvgIpc) is 2.42. The summed E-state index contributed by atoms with van der Waals surface area (Å²) in [6.45, 7) is 7.43. The first-order valence-electron chi connectivity index (χ1n) is 7.66. The average molecular weight is 345 g/mol. The van der Waals surface area contributed by atoms with Crippen LogP contribution in [0.1, 0.15) is 42.5 Å². The van der Waals surface area contributed by atoms with Crippen molar-refractivity contribution in [2.45, 2.75) is 45.7 Å². The van der Waals surface area contributed by atoms with Gasteiger partial charge in [0.2, 0.25) is 10.0 Å². The van der Waals surface area contributed by atoms with E-state index in [9.17, 15) is 8.42 Å². The highest BCUT2D eigenvalue weighted by atomic mass is 35.5. The lowest BCUT2D eigenvalue weighted by Gasteiger charge is -2.32. The van der Waals surface area contributed by atoms with Crippen molar-refractivity contribution in [2.24, 2.45) is 0 Å². The summed E-state index contributed by atoms with van der Waals surface area (Å²) in [5.41, 5.74) is 3.54. The number of aryl methyl sites for hydroxylation is 2. The van der Waals surface area contributed by atoms with Gasteiger partial charge >= 0.3 is 0 Å². The minimum atomic E-state index is -3.06. The van der Waals surface area contributed by atoms with Gasteiger partial charge in [-0.3, -0.25) is 0 Å². The molecule has 22 heavy (non-hydrogen) atoms. The van der Waals surface area contributed by atoms with E-state index in [1.807, 2.05) is 6.07 Å². The Morgan fingerprint density at radius 3 is 2.32 bits per heavy atom. The number of sulfonamides is 1. The third-order valence-electron chi connectivity index (χ3n) is 4.49. The van der Waals surface area contributed by atoms with E-state index in [-0.39, 0.29) is 6.04 Å². The van der Waals surface area contributed by atoms with E-state index in [1.54, 1.807) is 4.31 Å². The monoisotopic (exact) mass is 344 g/mol. The van der Waals surface area contributed by atoms with E-state index in [2.05, 4.69) is 32.2 Å². The molecule has 2 rings (SSSR count). The van der Waals surface area contributed by atoms with Crippen molar-refractivity contribution in [3.8, 4) is 0 Å². The molecule has 0 spiro atoms. The number of nitrogens with one attached hydrogen (secondary N) is 1. The van der Waals surface area contributed by atoms with E-state index in [0.717, 1.165) is 23.4 Å². The molecule has 1 N–H and O–H groups in total. The standard InChI is InChI=1S/C16H25ClN2O2S/c1-11-9-15(16(17)10-12(11)2)13(3)18-14-5-7-19(8-6-14)22(4,20)21/h9-10,13-14,18H,5-8H2,1-4H3. The molecule has 0 saturated carbocycles. The van der Waals surface area contributed by atoms with Gasteiger partial charge in [-0.2, -0.15) is 0 Å². The summed E-state index contributed by atoms with van der Waals surface area (Å²) >= 11 is 6.37. The van der Waals surface area contributed by atoms with Gasteiger partial charge in [-0.05, 0) is 56.4 Å². The largest absolute Gasteiger partial charge is 0.307 e. The Morgan fingerprint density at radius 1 is 1.23 bits per heavy atom. The van der Waals surface area contributed by atoms with Crippen LogP contribution in [0.2, 0.25) is 5.02 Å². The maximum Gasteiger partial charge on any atom is 0.211 e. The molecule has 1 atom stereocenters. The molecule has 0 aliphatic carbocycles. The maximum atomic E-state index is 11.5. The normalized spacial score (nSPS) is 19.3. The fraction of sp³-hybridized carbons (Fsp3) is 0.625. The van der Waals surface area contributed by atoms with E-state index in [0.29, 0.717) is 19.1 Å². The zero-order chi connectivity index (χ0) is 16.5. The van der Waals surface area contributed by atoms with Crippen molar-refractivity contribution in [3.63, 3.8) is 0 Å². The molecule has 1 aliphatic rings. The zero-order valence-electron chi connectivity index (χ0n) is 13.7. The van der Waals surface area contributed by atoms with Gasteiger partial charge in [0.1, 0.15) is 0 Å². The number of piperidine rings is 1. The van der Waals surface area contributed by atoms with Crippen molar-refractivity contribution >= 4 is 21.6 Å². The molecule has 6 heteroatoms. The van der Waals surface area contributed by atoms with Crippen LogP contribution in [0.15, 0.2) is 12.1 Å². The van der Waals surface area contributed by atoms with Crippen LogP contribution >= 0.6 is 11.6 Å². The van der Waals surface area contributed by atoms with Gasteiger partial charge < -0.3 is 5.32 Å². The number of hydrogen-bond acceptors (Lipinski definition) is 3.